The van der Waals surface area contributed by atoms with Gasteiger partial charge >= 0.3 is 0 Å². The fraction of sp³-hybridized carbons (Fsp3) is 0.0625. The third kappa shape index (κ3) is 7.87. The topological polar surface area (TPSA) is 36.9 Å². The van der Waals surface area contributed by atoms with Crippen LogP contribution >= 0.6 is 0 Å². The lowest BCUT2D eigenvalue weighted by atomic mass is 10.3. The van der Waals surface area contributed by atoms with Crippen molar-refractivity contribution in [1.82, 2.24) is 0 Å². The van der Waals surface area contributed by atoms with Crippen LogP contribution in [0.5, 0.6) is 23.0 Å². The largest absolute Gasteiger partial charge is 0.460 e. The molecule has 0 heterocycles. The summed E-state index contributed by atoms with van der Waals surface area (Å²) in [4.78, 5) is 0. The molecule has 4 nitrogen and oxygen atoms in total. The Labute approximate surface area is 228 Å². The quantitative estimate of drug-likeness (QED) is 0.178. The van der Waals surface area contributed by atoms with Crippen molar-refractivity contribution >= 4 is 29.4 Å². The Kier molecular flexibility index (Phi) is 8.90. The van der Waals surface area contributed by atoms with Gasteiger partial charge in [-0.1, -0.05) is 107 Å². The summed E-state index contributed by atoms with van der Waals surface area (Å²) < 4.78 is 25.0. The molecule has 0 bridgehead atoms. The zero-order valence-electron chi connectivity index (χ0n) is 21.1. The van der Waals surface area contributed by atoms with Gasteiger partial charge < -0.3 is 18.9 Å². The van der Waals surface area contributed by atoms with Crippen molar-refractivity contribution in [2.75, 3.05) is 0 Å². The summed E-state index contributed by atoms with van der Waals surface area (Å²) in [6, 6.07) is 48.2. The van der Waals surface area contributed by atoms with Gasteiger partial charge in [-0.3, -0.25) is 0 Å². The number of ether oxygens (including phenoxy) is 4. The Balaban J connectivity index is 1.28. The molecule has 0 aliphatic carbocycles. The first-order valence-corrected chi connectivity index (χ1v) is 15.8. The van der Waals surface area contributed by atoms with E-state index in [1.54, 1.807) is 0 Å². The highest BCUT2D eigenvalue weighted by Crippen LogP contribution is 2.17. The van der Waals surface area contributed by atoms with Gasteiger partial charge in [-0.25, -0.2) is 0 Å². The van der Waals surface area contributed by atoms with Gasteiger partial charge in [0.25, 0.3) is 0 Å². The van der Waals surface area contributed by atoms with E-state index in [0.717, 1.165) is 23.0 Å². The van der Waals surface area contributed by atoms with E-state index in [0.29, 0.717) is 0 Å². The van der Waals surface area contributed by atoms with E-state index in [9.17, 15) is 0 Å². The van der Waals surface area contributed by atoms with Gasteiger partial charge in [-0.05, 0) is 48.5 Å². The molecule has 5 rings (SSSR count). The molecule has 5 aromatic rings. The van der Waals surface area contributed by atoms with Crippen LogP contribution in [0, 0.1) is 0 Å². The molecule has 0 saturated heterocycles. The zero-order valence-corrected chi connectivity index (χ0v) is 23.9. The summed E-state index contributed by atoms with van der Waals surface area (Å²) in [6.45, 7) is 0. The summed E-state index contributed by atoms with van der Waals surface area (Å²) in [7, 11) is -1.83. The zero-order chi connectivity index (χ0) is 25.8. The summed E-state index contributed by atoms with van der Waals surface area (Å²) in [5.74, 6) is 2.60. The molecule has 0 aliphatic rings. The molecule has 38 heavy (non-hydrogen) atoms. The highest BCUT2D eigenvalue weighted by Gasteiger charge is 2.17. The van der Waals surface area contributed by atoms with E-state index in [1.165, 1.54) is 10.4 Å². The molecular weight excluding hydrogens is 505 g/mol. The van der Waals surface area contributed by atoms with E-state index in [1.807, 2.05) is 121 Å². The van der Waals surface area contributed by atoms with Gasteiger partial charge in [0.1, 0.15) is 23.0 Å². The minimum Gasteiger partial charge on any atom is -0.460 e. The van der Waals surface area contributed by atoms with Gasteiger partial charge in [-0.15, -0.1) is 0 Å². The number of hydrogen-bond acceptors (Lipinski definition) is 4. The van der Waals surface area contributed by atoms with E-state index in [2.05, 4.69) is 24.3 Å². The lowest BCUT2D eigenvalue weighted by molar-refractivity contribution is 0.0743. The predicted molar refractivity (Wildman–Crippen MR) is 159 cm³/mol. The monoisotopic (exact) mass is 534 g/mol. The van der Waals surface area contributed by atoms with E-state index < -0.39 is 19.0 Å². The smallest absolute Gasteiger partial charge is 0.217 e. The number of hydrogen-bond donors (Lipinski definition) is 0. The lowest BCUT2D eigenvalue weighted by Crippen LogP contribution is -2.40. The molecule has 0 fully saturated rings. The maximum Gasteiger partial charge on any atom is 0.217 e. The minimum absolute atomic E-state index is 0.321. The van der Waals surface area contributed by atoms with Crippen LogP contribution < -0.4 is 29.3 Å². The van der Waals surface area contributed by atoms with Crippen LogP contribution in [0.15, 0.2) is 146 Å². The first kappa shape index (κ1) is 25.4. The molecule has 6 heteroatoms. The van der Waals surface area contributed by atoms with Crippen LogP contribution in [-0.2, 0) is 0 Å². The molecule has 5 aromatic carbocycles. The molecule has 0 aliphatic heterocycles. The Morgan fingerprint density at radius 2 is 0.553 bits per heavy atom. The Hall–Kier alpha value is -4.27. The van der Waals surface area contributed by atoms with Crippen molar-refractivity contribution in [2.45, 2.75) is 11.8 Å². The van der Waals surface area contributed by atoms with Crippen LogP contribution in [0.3, 0.4) is 0 Å². The van der Waals surface area contributed by atoms with Crippen molar-refractivity contribution in [3.63, 3.8) is 0 Å². The summed E-state index contributed by atoms with van der Waals surface area (Å²) in [5, 5.41) is 2.54. The van der Waals surface area contributed by atoms with Gasteiger partial charge in [0.05, 0.1) is 0 Å². The molecule has 0 radical (unpaired) electrons. The van der Waals surface area contributed by atoms with Crippen LogP contribution in [0.4, 0.5) is 0 Å². The van der Waals surface area contributed by atoms with Gasteiger partial charge in [0.15, 0.2) is 19.0 Å². The van der Waals surface area contributed by atoms with Gasteiger partial charge in [-0.2, -0.15) is 0 Å². The SMILES string of the molecule is c1ccc(OC(Oc2ccccc2)[SiH2]c2ccc([SiH2]C(Oc3ccccc3)Oc3ccccc3)cc2)cc1. The van der Waals surface area contributed by atoms with E-state index >= 15 is 0 Å². The molecule has 0 aromatic heterocycles. The fourth-order valence-corrected chi connectivity index (χ4v) is 6.90. The number of para-hydroxylation sites is 4. The fourth-order valence-electron chi connectivity index (χ4n) is 4.01. The second-order valence-corrected chi connectivity index (χ2v) is 12.6. The normalized spacial score (nSPS) is 11.4. The van der Waals surface area contributed by atoms with Crippen molar-refractivity contribution in [1.29, 1.82) is 0 Å². The molecule has 0 spiro atoms. The highest BCUT2D eigenvalue weighted by atomic mass is 28.2. The Bertz CT molecular complexity index is 1160. The maximum atomic E-state index is 6.26. The van der Waals surface area contributed by atoms with Crippen molar-refractivity contribution in [3.8, 4) is 23.0 Å². The highest BCUT2D eigenvalue weighted by molar-refractivity contribution is 6.56. The molecule has 0 amide bonds. The molecule has 0 unspecified atom stereocenters. The molecule has 0 saturated carbocycles. The van der Waals surface area contributed by atoms with Crippen LogP contribution in [0.2, 0.25) is 0 Å². The average Bonchev–Trinajstić information content (AvgIpc) is 2.96. The van der Waals surface area contributed by atoms with Crippen molar-refractivity contribution in [3.05, 3.63) is 146 Å². The Morgan fingerprint density at radius 1 is 0.316 bits per heavy atom. The van der Waals surface area contributed by atoms with Crippen molar-refractivity contribution < 1.29 is 18.9 Å². The van der Waals surface area contributed by atoms with Gasteiger partial charge in [0, 0.05) is 0 Å². The summed E-state index contributed by atoms with van der Waals surface area (Å²) >= 11 is 0. The first-order valence-electron chi connectivity index (χ1n) is 12.7. The van der Waals surface area contributed by atoms with Crippen LogP contribution in [0.25, 0.3) is 0 Å². The first-order chi connectivity index (χ1) is 18.8. The number of benzene rings is 5. The van der Waals surface area contributed by atoms with Gasteiger partial charge in [0.2, 0.25) is 11.8 Å². The lowest BCUT2D eigenvalue weighted by Gasteiger charge is -2.22. The summed E-state index contributed by atoms with van der Waals surface area (Å²) in [6.07, 6.45) is 0. The van der Waals surface area contributed by atoms with Crippen LogP contribution in [0.1, 0.15) is 0 Å². The standard InChI is InChI=1S/C32H30O4Si2/c1-5-13-25(14-6-1)33-31(34-26-15-7-2-8-16-26)37-29-21-23-30(24-22-29)38-32(35-27-17-9-3-10-18-27)36-28-19-11-4-12-20-28/h1-24,31-32H,37-38H2. The molecule has 190 valence electrons. The Morgan fingerprint density at radius 3 is 0.789 bits per heavy atom. The average molecular weight is 535 g/mol. The van der Waals surface area contributed by atoms with E-state index in [4.69, 9.17) is 18.9 Å². The third-order valence-corrected chi connectivity index (χ3v) is 9.09. The van der Waals surface area contributed by atoms with E-state index in [-0.39, 0.29) is 11.8 Å². The minimum atomic E-state index is -0.914. The predicted octanol–water partition coefficient (Wildman–Crippen LogP) is 4.16. The molecule has 0 atom stereocenters. The van der Waals surface area contributed by atoms with Crippen LogP contribution in [-0.4, -0.2) is 30.9 Å². The number of rotatable bonds is 12. The third-order valence-electron chi connectivity index (χ3n) is 5.87. The molecule has 0 N–H and O–H groups in total. The second-order valence-electron chi connectivity index (χ2n) is 8.81. The van der Waals surface area contributed by atoms with Crippen molar-refractivity contribution in [2.24, 2.45) is 0 Å². The second kappa shape index (κ2) is 13.3. The molecular formula is C32H30O4Si2. The summed E-state index contributed by atoms with van der Waals surface area (Å²) in [5.41, 5.74) is 0. The maximum absolute atomic E-state index is 6.26.